The first-order valence-corrected chi connectivity index (χ1v) is 6.15. The zero-order valence-corrected chi connectivity index (χ0v) is 10.4. The van der Waals surface area contributed by atoms with Crippen molar-refractivity contribution >= 4 is 11.9 Å². The molecule has 1 heterocycles. The molecular weight excluding hydrogens is 230 g/mol. The molecule has 1 atom stereocenters. The Morgan fingerprint density at radius 2 is 2.17 bits per heavy atom. The highest BCUT2D eigenvalue weighted by atomic mass is 16.2. The normalized spacial score (nSPS) is 16.5. The molecule has 1 fully saturated rings. The van der Waals surface area contributed by atoms with Crippen LogP contribution < -0.4 is 10.6 Å². The predicted molar refractivity (Wildman–Crippen MR) is 66.8 cm³/mol. The summed E-state index contributed by atoms with van der Waals surface area (Å²) < 4.78 is 0. The highest BCUT2D eigenvalue weighted by Gasteiger charge is 2.27. The quantitative estimate of drug-likeness (QED) is 0.779. The summed E-state index contributed by atoms with van der Waals surface area (Å²) in [4.78, 5) is 24.4. The van der Waals surface area contributed by atoms with Crippen molar-refractivity contribution in [2.45, 2.75) is 13.0 Å². The molecular formula is C13H18N3O2+. The van der Waals surface area contributed by atoms with E-state index < -0.39 is 0 Å². The van der Waals surface area contributed by atoms with E-state index in [-0.39, 0.29) is 18.0 Å². The van der Waals surface area contributed by atoms with Gasteiger partial charge in [0, 0.05) is 18.7 Å². The minimum atomic E-state index is -0.277. The van der Waals surface area contributed by atoms with Gasteiger partial charge in [-0.15, -0.1) is 0 Å². The molecule has 5 nitrogen and oxygen atoms in total. The maximum absolute atomic E-state index is 11.8. The third-order valence-electron chi connectivity index (χ3n) is 3.13. The summed E-state index contributed by atoms with van der Waals surface area (Å²) in [5, 5.41) is 4.57. The fourth-order valence-electron chi connectivity index (χ4n) is 1.99. The SMILES string of the molecule is C[C@@H]([NH2+]CC(=O)N1CCNC1=O)c1ccccc1. The number of nitrogens with two attached hydrogens (primary N) is 1. The van der Waals surface area contributed by atoms with E-state index in [0.29, 0.717) is 19.6 Å². The molecule has 5 heteroatoms. The minimum Gasteiger partial charge on any atom is -0.336 e. The van der Waals surface area contributed by atoms with Gasteiger partial charge in [-0.25, -0.2) is 4.79 Å². The van der Waals surface area contributed by atoms with Crippen molar-refractivity contribution in [3.8, 4) is 0 Å². The first kappa shape index (κ1) is 12.6. The number of quaternary nitrogens is 1. The van der Waals surface area contributed by atoms with Gasteiger partial charge in [0.2, 0.25) is 0 Å². The molecule has 0 aromatic heterocycles. The number of hydrogen-bond acceptors (Lipinski definition) is 2. The van der Waals surface area contributed by atoms with E-state index >= 15 is 0 Å². The summed E-state index contributed by atoms with van der Waals surface area (Å²) in [5.74, 6) is -0.132. The van der Waals surface area contributed by atoms with Crippen molar-refractivity contribution < 1.29 is 14.9 Å². The third-order valence-corrected chi connectivity index (χ3v) is 3.13. The van der Waals surface area contributed by atoms with Gasteiger partial charge in [0.05, 0.1) is 0 Å². The van der Waals surface area contributed by atoms with Gasteiger partial charge in [-0.1, -0.05) is 30.3 Å². The van der Waals surface area contributed by atoms with Gasteiger partial charge in [0.15, 0.2) is 6.54 Å². The topological polar surface area (TPSA) is 66.0 Å². The van der Waals surface area contributed by atoms with Gasteiger partial charge in [0.25, 0.3) is 5.91 Å². The number of benzene rings is 1. The molecule has 2 rings (SSSR count). The van der Waals surface area contributed by atoms with Crippen molar-refractivity contribution in [1.29, 1.82) is 0 Å². The number of imide groups is 1. The van der Waals surface area contributed by atoms with Crippen LogP contribution in [-0.2, 0) is 4.79 Å². The number of amides is 3. The summed E-state index contributed by atoms with van der Waals surface area (Å²) in [6.07, 6.45) is 0. The van der Waals surface area contributed by atoms with E-state index in [1.165, 1.54) is 10.5 Å². The van der Waals surface area contributed by atoms with E-state index in [4.69, 9.17) is 0 Å². The molecule has 1 aliphatic heterocycles. The van der Waals surface area contributed by atoms with Crippen LogP contribution in [0, 0.1) is 0 Å². The van der Waals surface area contributed by atoms with Crippen molar-refractivity contribution in [1.82, 2.24) is 10.2 Å². The monoisotopic (exact) mass is 248 g/mol. The van der Waals surface area contributed by atoms with Crippen molar-refractivity contribution in [3.05, 3.63) is 35.9 Å². The molecule has 0 spiro atoms. The minimum absolute atomic E-state index is 0.132. The second kappa shape index (κ2) is 5.64. The average Bonchev–Trinajstić information content (AvgIpc) is 2.83. The number of rotatable bonds is 4. The van der Waals surface area contributed by atoms with Gasteiger partial charge < -0.3 is 10.6 Å². The molecule has 3 amide bonds. The summed E-state index contributed by atoms with van der Waals surface area (Å²) in [5.41, 5.74) is 1.18. The molecule has 3 N–H and O–H groups in total. The zero-order chi connectivity index (χ0) is 13.0. The van der Waals surface area contributed by atoms with Crippen LogP contribution in [0.25, 0.3) is 0 Å². The Labute approximate surface area is 106 Å². The number of nitrogens with zero attached hydrogens (tertiary/aromatic N) is 1. The second-order valence-electron chi connectivity index (χ2n) is 4.42. The molecule has 0 unspecified atom stereocenters. The lowest BCUT2D eigenvalue weighted by atomic mass is 10.1. The van der Waals surface area contributed by atoms with Crippen LogP contribution in [0.3, 0.4) is 0 Å². The number of nitrogens with one attached hydrogen (secondary N) is 1. The highest BCUT2D eigenvalue weighted by Crippen LogP contribution is 2.06. The standard InChI is InChI=1S/C13H17N3O2/c1-10(11-5-3-2-4-6-11)15-9-12(17)16-8-7-14-13(16)18/h2-6,10,15H,7-9H2,1H3,(H,14,18)/p+1/t10-/m1/s1. The first-order chi connectivity index (χ1) is 8.68. The third kappa shape index (κ3) is 2.87. The Hall–Kier alpha value is -1.88. The molecule has 96 valence electrons. The van der Waals surface area contributed by atoms with E-state index in [0.717, 1.165) is 0 Å². The lowest BCUT2D eigenvalue weighted by molar-refractivity contribution is -0.683. The maximum atomic E-state index is 11.8. The van der Waals surface area contributed by atoms with Crippen molar-refractivity contribution in [3.63, 3.8) is 0 Å². The summed E-state index contributed by atoms with van der Waals surface area (Å²) in [7, 11) is 0. The number of hydrogen-bond donors (Lipinski definition) is 2. The van der Waals surface area contributed by atoms with Crippen molar-refractivity contribution in [2.24, 2.45) is 0 Å². The molecule has 0 bridgehead atoms. The number of carbonyl (C=O) groups is 2. The summed E-state index contributed by atoms with van der Waals surface area (Å²) in [6, 6.07) is 9.94. The molecule has 1 aliphatic rings. The van der Waals surface area contributed by atoms with Gasteiger partial charge in [-0.05, 0) is 6.92 Å². The molecule has 1 saturated heterocycles. The van der Waals surface area contributed by atoms with Crippen LogP contribution in [-0.4, -0.2) is 36.5 Å². The van der Waals surface area contributed by atoms with Crippen molar-refractivity contribution in [2.75, 3.05) is 19.6 Å². The molecule has 1 aromatic rings. The van der Waals surface area contributed by atoms with Crippen LogP contribution in [0.4, 0.5) is 4.79 Å². The summed E-state index contributed by atoms with van der Waals surface area (Å²) >= 11 is 0. The Morgan fingerprint density at radius 3 is 2.78 bits per heavy atom. The largest absolute Gasteiger partial charge is 0.336 e. The maximum Gasteiger partial charge on any atom is 0.324 e. The van der Waals surface area contributed by atoms with Crippen LogP contribution in [0.15, 0.2) is 30.3 Å². The van der Waals surface area contributed by atoms with Crippen LogP contribution in [0.5, 0.6) is 0 Å². The Morgan fingerprint density at radius 1 is 1.44 bits per heavy atom. The van der Waals surface area contributed by atoms with Gasteiger partial charge >= 0.3 is 6.03 Å². The van der Waals surface area contributed by atoms with Crippen LogP contribution >= 0.6 is 0 Å². The Balaban J connectivity index is 1.84. The molecule has 1 aromatic carbocycles. The van der Waals surface area contributed by atoms with E-state index in [9.17, 15) is 9.59 Å². The van der Waals surface area contributed by atoms with E-state index in [1.54, 1.807) is 0 Å². The second-order valence-corrected chi connectivity index (χ2v) is 4.42. The number of carbonyl (C=O) groups excluding carboxylic acids is 2. The van der Waals surface area contributed by atoms with Gasteiger partial charge in [0.1, 0.15) is 6.04 Å². The molecule has 0 saturated carbocycles. The predicted octanol–water partition coefficient (Wildman–Crippen LogP) is -0.137. The lowest BCUT2D eigenvalue weighted by Gasteiger charge is -2.14. The lowest BCUT2D eigenvalue weighted by Crippen LogP contribution is -2.87. The Bertz CT molecular complexity index is 433. The van der Waals surface area contributed by atoms with E-state index in [1.807, 2.05) is 42.6 Å². The smallest absolute Gasteiger partial charge is 0.324 e. The van der Waals surface area contributed by atoms with E-state index in [2.05, 4.69) is 5.32 Å². The molecule has 0 radical (unpaired) electrons. The highest BCUT2D eigenvalue weighted by molar-refractivity contribution is 5.96. The fraction of sp³-hybridized carbons (Fsp3) is 0.385. The van der Waals surface area contributed by atoms with Crippen LogP contribution in [0.1, 0.15) is 18.5 Å². The Kier molecular flexibility index (Phi) is 3.94. The van der Waals surface area contributed by atoms with Gasteiger partial charge in [-0.3, -0.25) is 9.69 Å². The molecule has 0 aliphatic carbocycles. The zero-order valence-electron chi connectivity index (χ0n) is 10.4. The first-order valence-electron chi connectivity index (χ1n) is 6.15. The number of urea groups is 1. The summed E-state index contributed by atoms with van der Waals surface area (Å²) in [6.45, 7) is 3.38. The fourth-order valence-corrected chi connectivity index (χ4v) is 1.99. The van der Waals surface area contributed by atoms with Crippen LogP contribution in [0.2, 0.25) is 0 Å². The average molecular weight is 248 g/mol. The van der Waals surface area contributed by atoms with Gasteiger partial charge in [-0.2, -0.15) is 0 Å². The molecule has 18 heavy (non-hydrogen) atoms.